The smallest absolute Gasteiger partial charge is 0.262 e. The van der Waals surface area contributed by atoms with E-state index < -0.39 is 10.0 Å². The van der Waals surface area contributed by atoms with Crippen LogP contribution in [0.2, 0.25) is 0 Å². The van der Waals surface area contributed by atoms with Crippen molar-refractivity contribution in [2.75, 3.05) is 11.8 Å². The van der Waals surface area contributed by atoms with E-state index >= 15 is 0 Å². The van der Waals surface area contributed by atoms with Gasteiger partial charge < -0.3 is 4.74 Å². The van der Waals surface area contributed by atoms with Gasteiger partial charge in [0.2, 0.25) is 0 Å². The Morgan fingerprint density at radius 1 is 0.875 bits per heavy atom. The second kappa shape index (κ2) is 8.79. The molecule has 0 saturated heterocycles. The van der Waals surface area contributed by atoms with E-state index in [1.165, 1.54) is 0 Å². The van der Waals surface area contributed by atoms with E-state index in [1.54, 1.807) is 57.4 Å². The van der Waals surface area contributed by atoms with E-state index in [9.17, 15) is 13.2 Å². The second-order valence-corrected chi connectivity index (χ2v) is 10.6. The number of methoxy groups -OCH3 is 1. The Balaban J connectivity index is 1.88. The molecule has 5 nitrogen and oxygen atoms in total. The van der Waals surface area contributed by atoms with E-state index in [0.29, 0.717) is 28.1 Å². The van der Waals surface area contributed by atoms with Crippen LogP contribution in [0.4, 0.5) is 5.69 Å². The monoisotopic (exact) mass is 451 g/mol. The molecule has 32 heavy (non-hydrogen) atoms. The standard InChI is InChI=1S/C26H29NO4S/c1-17-15-24(18(2)14-23(17)31-6)32(29,30)27-22-9-7-8-20(16-22)25(28)19-10-12-21(13-11-19)26(3,4)5/h7-16,27H,1-6H3. The summed E-state index contributed by atoms with van der Waals surface area (Å²) in [6.07, 6.45) is 0. The molecule has 0 aliphatic rings. The molecule has 3 aromatic rings. The molecule has 0 saturated carbocycles. The Labute approximate surface area is 190 Å². The fraction of sp³-hybridized carbons (Fsp3) is 0.269. The molecule has 0 amide bonds. The van der Waals surface area contributed by atoms with E-state index in [4.69, 9.17) is 4.74 Å². The Morgan fingerprint density at radius 3 is 2.12 bits per heavy atom. The number of sulfonamides is 1. The van der Waals surface area contributed by atoms with Crippen molar-refractivity contribution in [1.29, 1.82) is 0 Å². The number of benzene rings is 3. The average Bonchev–Trinajstić information content (AvgIpc) is 2.73. The van der Waals surface area contributed by atoms with Crippen molar-refractivity contribution in [3.63, 3.8) is 0 Å². The van der Waals surface area contributed by atoms with Gasteiger partial charge in [0.25, 0.3) is 10.0 Å². The third-order valence-electron chi connectivity index (χ3n) is 5.37. The summed E-state index contributed by atoms with van der Waals surface area (Å²) in [5.41, 5.74) is 3.73. The molecule has 3 rings (SSSR count). The van der Waals surface area contributed by atoms with Gasteiger partial charge in [0.05, 0.1) is 12.0 Å². The number of rotatable bonds is 6. The lowest BCUT2D eigenvalue weighted by atomic mass is 9.86. The molecule has 3 aromatic carbocycles. The van der Waals surface area contributed by atoms with Gasteiger partial charge in [0.15, 0.2) is 5.78 Å². The summed E-state index contributed by atoms with van der Waals surface area (Å²) in [7, 11) is -2.29. The van der Waals surface area contributed by atoms with Gasteiger partial charge in [0.1, 0.15) is 5.75 Å². The summed E-state index contributed by atoms with van der Waals surface area (Å²) in [6, 6.07) is 17.3. The largest absolute Gasteiger partial charge is 0.496 e. The summed E-state index contributed by atoms with van der Waals surface area (Å²) in [5, 5.41) is 0. The summed E-state index contributed by atoms with van der Waals surface area (Å²) >= 11 is 0. The molecule has 0 aromatic heterocycles. The van der Waals surface area contributed by atoms with Crippen LogP contribution in [-0.4, -0.2) is 21.3 Å². The third-order valence-corrected chi connectivity index (χ3v) is 6.90. The van der Waals surface area contributed by atoms with Gasteiger partial charge >= 0.3 is 0 Å². The Morgan fingerprint density at radius 2 is 1.53 bits per heavy atom. The van der Waals surface area contributed by atoms with Crippen LogP contribution in [0, 0.1) is 13.8 Å². The predicted octanol–water partition coefficient (Wildman–Crippen LogP) is 5.64. The summed E-state index contributed by atoms with van der Waals surface area (Å²) in [5.74, 6) is 0.467. The van der Waals surface area contributed by atoms with Gasteiger partial charge in [-0.05, 0) is 60.2 Å². The molecule has 0 atom stereocenters. The zero-order chi connectivity index (χ0) is 23.7. The van der Waals surface area contributed by atoms with Crippen LogP contribution in [0.1, 0.15) is 53.4 Å². The van der Waals surface area contributed by atoms with Crippen molar-refractivity contribution in [2.24, 2.45) is 0 Å². The molecule has 0 unspecified atom stereocenters. The van der Waals surface area contributed by atoms with Gasteiger partial charge in [-0.2, -0.15) is 0 Å². The van der Waals surface area contributed by atoms with Crippen molar-refractivity contribution in [1.82, 2.24) is 0 Å². The van der Waals surface area contributed by atoms with Gasteiger partial charge in [0, 0.05) is 16.8 Å². The van der Waals surface area contributed by atoms with Crippen molar-refractivity contribution < 1.29 is 17.9 Å². The van der Waals surface area contributed by atoms with E-state index in [0.717, 1.165) is 11.1 Å². The minimum absolute atomic E-state index is 0.00227. The van der Waals surface area contributed by atoms with Crippen LogP contribution in [0.15, 0.2) is 65.6 Å². The number of aryl methyl sites for hydroxylation is 2. The first kappa shape index (κ1) is 23.5. The van der Waals surface area contributed by atoms with Crippen LogP contribution in [-0.2, 0) is 15.4 Å². The molecule has 0 radical (unpaired) electrons. The number of anilines is 1. The molecule has 6 heteroatoms. The number of carbonyl (C=O) groups excluding carboxylic acids is 1. The lowest BCUT2D eigenvalue weighted by molar-refractivity contribution is 0.103. The Hall–Kier alpha value is -3.12. The lowest BCUT2D eigenvalue weighted by Gasteiger charge is -2.19. The number of carbonyl (C=O) groups is 1. The van der Waals surface area contributed by atoms with Crippen molar-refractivity contribution >= 4 is 21.5 Å². The molecule has 0 spiro atoms. The van der Waals surface area contributed by atoms with Crippen LogP contribution in [0.5, 0.6) is 5.75 Å². The van der Waals surface area contributed by atoms with Gasteiger partial charge in [-0.25, -0.2) is 8.42 Å². The van der Waals surface area contributed by atoms with Crippen LogP contribution in [0.3, 0.4) is 0 Å². The molecule has 0 aliphatic carbocycles. The molecular weight excluding hydrogens is 422 g/mol. The third kappa shape index (κ3) is 5.02. The number of hydrogen-bond donors (Lipinski definition) is 1. The second-order valence-electron chi connectivity index (χ2n) is 8.93. The predicted molar refractivity (Wildman–Crippen MR) is 128 cm³/mol. The Kier molecular flexibility index (Phi) is 6.46. The molecule has 0 bridgehead atoms. The molecule has 0 heterocycles. The number of hydrogen-bond acceptors (Lipinski definition) is 4. The highest BCUT2D eigenvalue weighted by Crippen LogP contribution is 2.28. The fourth-order valence-corrected chi connectivity index (χ4v) is 4.86. The average molecular weight is 452 g/mol. The van der Waals surface area contributed by atoms with Gasteiger partial charge in [-0.1, -0.05) is 57.2 Å². The summed E-state index contributed by atoms with van der Waals surface area (Å²) in [4.78, 5) is 13.1. The lowest BCUT2D eigenvalue weighted by Crippen LogP contribution is -2.15. The quantitative estimate of drug-likeness (QED) is 0.492. The van der Waals surface area contributed by atoms with Gasteiger partial charge in [-0.15, -0.1) is 0 Å². The molecule has 0 fully saturated rings. The van der Waals surface area contributed by atoms with Crippen LogP contribution in [0.25, 0.3) is 0 Å². The molecular formula is C26H29NO4S. The van der Waals surface area contributed by atoms with Gasteiger partial charge in [-0.3, -0.25) is 9.52 Å². The van der Waals surface area contributed by atoms with E-state index in [1.807, 2.05) is 24.3 Å². The topological polar surface area (TPSA) is 72.5 Å². The molecule has 0 aliphatic heterocycles. The highest BCUT2D eigenvalue weighted by Gasteiger charge is 2.20. The number of ketones is 1. The van der Waals surface area contributed by atoms with E-state index in [2.05, 4.69) is 25.5 Å². The molecule has 1 N–H and O–H groups in total. The highest BCUT2D eigenvalue weighted by atomic mass is 32.2. The maximum absolute atomic E-state index is 13.0. The highest BCUT2D eigenvalue weighted by molar-refractivity contribution is 7.92. The first-order valence-electron chi connectivity index (χ1n) is 10.4. The maximum atomic E-state index is 13.0. The minimum Gasteiger partial charge on any atom is -0.496 e. The van der Waals surface area contributed by atoms with Crippen molar-refractivity contribution in [3.8, 4) is 5.75 Å². The maximum Gasteiger partial charge on any atom is 0.262 e. The van der Waals surface area contributed by atoms with Crippen molar-refractivity contribution in [3.05, 3.63) is 88.5 Å². The first-order valence-corrected chi connectivity index (χ1v) is 11.8. The Bertz CT molecular complexity index is 1250. The molecule has 168 valence electrons. The SMILES string of the molecule is COc1cc(C)c(S(=O)(=O)Nc2cccc(C(=O)c3ccc(C(C)(C)C)cc3)c2)cc1C. The minimum atomic E-state index is -3.84. The fourth-order valence-electron chi connectivity index (χ4n) is 3.49. The number of nitrogens with one attached hydrogen (secondary N) is 1. The van der Waals surface area contributed by atoms with Crippen LogP contribution < -0.4 is 9.46 Å². The summed E-state index contributed by atoms with van der Waals surface area (Å²) in [6.45, 7) is 9.86. The van der Waals surface area contributed by atoms with Crippen molar-refractivity contribution in [2.45, 2.75) is 44.9 Å². The first-order chi connectivity index (χ1) is 14.9. The zero-order valence-corrected chi connectivity index (χ0v) is 20.1. The van der Waals surface area contributed by atoms with E-state index in [-0.39, 0.29) is 16.1 Å². The van der Waals surface area contributed by atoms with Crippen LogP contribution >= 0.6 is 0 Å². The summed E-state index contributed by atoms with van der Waals surface area (Å²) < 4.78 is 33.9. The zero-order valence-electron chi connectivity index (χ0n) is 19.3. The normalized spacial score (nSPS) is 11.8. The number of ether oxygens (including phenoxy) is 1.